The first-order valence-electron chi connectivity index (χ1n) is 12.6. The van der Waals surface area contributed by atoms with Gasteiger partial charge >= 0.3 is 0 Å². The number of rotatable bonds is 3. The van der Waals surface area contributed by atoms with Crippen molar-refractivity contribution in [3.63, 3.8) is 0 Å². The fourth-order valence-electron chi connectivity index (χ4n) is 4.60. The molecule has 0 unspecified atom stereocenters. The van der Waals surface area contributed by atoms with Crippen molar-refractivity contribution in [3.8, 4) is 28.3 Å². The molecule has 9 heteroatoms. The van der Waals surface area contributed by atoms with E-state index in [0.29, 0.717) is 11.3 Å². The number of nitrogens with zero attached hydrogens (tertiary/aromatic N) is 7. The van der Waals surface area contributed by atoms with Gasteiger partial charge in [0.15, 0.2) is 0 Å². The summed E-state index contributed by atoms with van der Waals surface area (Å²) in [6.45, 7) is 0. The van der Waals surface area contributed by atoms with E-state index in [9.17, 15) is 0 Å². The van der Waals surface area contributed by atoms with Crippen LogP contribution in [-0.4, -0.2) is 35.2 Å². The van der Waals surface area contributed by atoms with Crippen LogP contribution in [0.5, 0.6) is 0 Å². The number of para-hydroxylation sites is 1. The third kappa shape index (κ3) is 5.14. The van der Waals surface area contributed by atoms with E-state index in [4.69, 9.17) is 4.98 Å². The second-order valence-electron chi connectivity index (χ2n) is 8.82. The summed E-state index contributed by atoms with van der Waals surface area (Å²) in [5.74, 6) is 0.730. The van der Waals surface area contributed by atoms with Crippen LogP contribution in [0, 0.1) is 12.1 Å². The normalized spacial score (nSPS) is 10.7. The average Bonchev–Trinajstić information content (AvgIpc) is 3.62. The van der Waals surface area contributed by atoms with Gasteiger partial charge in [-0.1, -0.05) is 59.5 Å². The Bertz CT molecular complexity index is 2020. The van der Waals surface area contributed by atoms with E-state index in [-0.39, 0.29) is 20.1 Å². The van der Waals surface area contributed by atoms with Crippen LogP contribution in [0.25, 0.3) is 59.8 Å². The summed E-state index contributed by atoms with van der Waals surface area (Å²) in [7, 11) is 0. The van der Waals surface area contributed by atoms with E-state index < -0.39 is 0 Å². The van der Waals surface area contributed by atoms with E-state index in [1.54, 1.807) is 17.5 Å². The molecule has 8 aromatic rings. The van der Waals surface area contributed by atoms with Crippen molar-refractivity contribution in [1.29, 1.82) is 0 Å². The fourth-order valence-corrected chi connectivity index (χ4v) is 5.80. The molecule has 0 spiro atoms. The van der Waals surface area contributed by atoms with Gasteiger partial charge in [-0.2, -0.15) is 11.3 Å². The van der Waals surface area contributed by atoms with Crippen molar-refractivity contribution in [3.05, 3.63) is 128 Å². The van der Waals surface area contributed by atoms with Crippen molar-refractivity contribution in [2.75, 3.05) is 0 Å². The molecule has 1 radical (unpaired) electrons. The Morgan fingerprint density at radius 1 is 0.683 bits per heavy atom. The minimum absolute atomic E-state index is 0. The number of pyridine rings is 1. The molecule has 0 aliphatic carbocycles. The number of aromatic nitrogens is 7. The van der Waals surface area contributed by atoms with E-state index in [0.717, 1.165) is 33.0 Å². The topological polar surface area (TPSA) is 82.3 Å². The summed E-state index contributed by atoms with van der Waals surface area (Å²) in [6, 6.07) is 42.6. The summed E-state index contributed by atoms with van der Waals surface area (Å²) in [4.78, 5) is 8.96. The van der Waals surface area contributed by atoms with Crippen LogP contribution in [0.1, 0.15) is 0 Å². The van der Waals surface area contributed by atoms with Crippen LogP contribution >= 0.6 is 11.3 Å². The maximum absolute atomic E-state index is 4.74. The van der Waals surface area contributed by atoms with E-state index >= 15 is 0 Å². The van der Waals surface area contributed by atoms with E-state index in [1.807, 2.05) is 83.4 Å². The minimum Gasteiger partial charge on any atom is -0.315 e. The number of hydrogen-bond donors (Lipinski definition) is 0. The van der Waals surface area contributed by atoms with Gasteiger partial charge in [0.1, 0.15) is 0 Å². The molecule has 0 N–H and O–H groups in total. The number of benzene rings is 4. The van der Waals surface area contributed by atoms with Crippen LogP contribution in [0.3, 0.4) is 0 Å². The van der Waals surface area contributed by atoms with Crippen molar-refractivity contribution in [2.45, 2.75) is 0 Å². The molecule has 0 bridgehead atoms. The maximum Gasteiger partial charge on any atom is 0.214 e. The van der Waals surface area contributed by atoms with Crippen LogP contribution in [0.2, 0.25) is 0 Å². The Kier molecular flexibility index (Phi) is 7.65. The van der Waals surface area contributed by atoms with Crippen LogP contribution < -0.4 is 0 Å². The van der Waals surface area contributed by atoms with Gasteiger partial charge in [-0.3, -0.25) is 4.98 Å². The predicted molar refractivity (Wildman–Crippen MR) is 158 cm³/mol. The van der Waals surface area contributed by atoms with Crippen molar-refractivity contribution >= 4 is 42.8 Å². The number of thiophene rings is 1. The van der Waals surface area contributed by atoms with Crippen LogP contribution in [0.4, 0.5) is 0 Å². The summed E-state index contributed by atoms with van der Waals surface area (Å²) < 4.78 is 4.34. The second-order valence-corrected chi connectivity index (χ2v) is 9.87. The SMILES string of the molecule is [Ir].[c-]1ccc2c(sc3ccccc32)c1-c1nc2nnnnc2n1-c1ccccc1.[c-]1ccccc1-c1ccccn1. The Morgan fingerprint density at radius 2 is 1.49 bits per heavy atom. The molecule has 0 aliphatic heterocycles. The van der Waals surface area contributed by atoms with Crippen molar-refractivity contribution in [1.82, 2.24) is 35.2 Å². The Labute approximate surface area is 252 Å². The first kappa shape index (κ1) is 26.5. The molecule has 0 saturated heterocycles. The molecule has 0 fully saturated rings. The quantitative estimate of drug-likeness (QED) is 0.183. The van der Waals surface area contributed by atoms with Gasteiger partial charge in [-0.25, -0.2) is 0 Å². The molecule has 41 heavy (non-hydrogen) atoms. The Morgan fingerprint density at radius 3 is 2.32 bits per heavy atom. The van der Waals surface area contributed by atoms with Gasteiger partial charge in [0.05, 0.1) is 5.82 Å². The fraction of sp³-hybridized carbons (Fsp3) is 0. The van der Waals surface area contributed by atoms with Gasteiger partial charge in [-0.05, 0) is 50.5 Å². The van der Waals surface area contributed by atoms with Crippen molar-refractivity contribution in [2.24, 2.45) is 0 Å². The molecule has 0 amide bonds. The summed E-state index contributed by atoms with van der Waals surface area (Å²) in [5.41, 5.74) is 4.90. The molecule has 8 rings (SSSR count). The third-order valence-electron chi connectivity index (χ3n) is 6.38. The van der Waals surface area contributed by atoms with Crippen LogP contribution in [0.15, 0.2) is 115 Å². The first-order valence-corrected chi connectivity index (χ1v) is 13.4. The average molecular weight is 726 g/mol. The number of imidazole rings is 1. The Hall–Kier alpha value is -4.69. The standard InChI is InChI=1S/C21H11N6S.C11H8N.Ir/c1-2-7-13(8-3-1)27-20(22-19-21(27)24-26-25-23-19)16-11-6-10-15-14-9-4-5-12-17(14)28-18(15)16;1-2-6-10(7-3-1)11-8-4-5-9-12-11;/h1-10,12H;1-6,8-9H;/q2*-1;. The zero-order chi connectivity index (χ0) is 26.7. The molecule has 0 aliphatic rings. The predicted octanol–water partition coefficient (Wildman–Crippen LogP) is 6.99. The van der Waals surface area contributed by atoms with Gasteiger partial charge in [0.2, 0.25) is 11.3 Å². The van der Waals surface area contributed by atoms with Gasteiger partial charge < -0.3 is 9.55 Å². The summed E-state index contributed by atoms with van der Waals surface area (Å²) >= 11 is 1.74. The largest absolute Gasteiger partial charge is 0.315 e. The van der Waals surface area contributed by atoms with Gasteiger partial charge in [-0.15, -0.1) is 64.3 Å². The van der Waals surface area contributed by atoms with Gasteiger partial charge in [0.25, 0.3) is 0 Å². The zero-order valence-corrected chi connectivity index (χ0v) is 24.6. The molecule has 4 heterocycles. The molecule has 199 valence electrons. The maximum atomic E-state index is 4.74. The smallest absolute Gasteiger partial charge is 0.214 e. The molecular weight excluding hydrogens is 707 g/mol. The monoisotopic (exact) mass is 726 g/mol. The van der Waals surface area contributed by atoms with Crippen molar-refractivity contribution < 1.29 is 20.1 Å². The summed E-state index contributed by atoms with van der Waals surface area (Å²) in [6.07, 6.45) is 1.79. The number of fused-ring (bicyclic) bond motifs is 4. The van der Waals surface area contributed by atoms with E-state index in [2.05, 4.69) is 68.1 Å². The molecule has 4 aromatic carbocycles. The van der Waals surface area contributed by atoms with Gasteiger partial charge in [0, 0.05) is 36.7 Å². The zero-order valence-electron chi connectivity index (χ0n) is 21.3. The second kappa shape index (κ2) is 11.8. The summed E-state index contributed by atoms with van der Waals surface area (Å²) in [5, 5.41) is 18.1. The van der Waals surface area contributed by atoms with E-state index in [1.165, 1.54) is 15.5 Å². The molecule has 7 nitrogen and oxygen atoms in total. The Balaban J connectivity index is 0.000000196. The number of hydrogen-bond acceptors (Lipinski definition) is 7. The third-order valence-corrected chi connectivity index (χ3v) is 7.58. The molecule has 0 atom stereocenters. The molecule has 4 aromatic heterocycles. The molecule has 0 saturated carbocycles. The first-order chi connectivity index (χ1) is 19.9. The minimum atomic E-state index is 0. The van der Waals surface area contributed by atoms with Crippen LogP contribution in [-0.2, 0) is 20.1 Å². The molecular formula is C32H19IrN7S-2.